The highest BCUT2D eigenvalue weighted by molar-refractivity contribution is 5.47. The Morgan fingerprint density at radius 1 is 1.00 bits per heavy atom. The summed E-state index contributed by atoms with van der Waals surface area (Å²) in [6.45, 7) is 5.93. The molecule has 0 spiro atoms. The van der Waals surface area contributed by atoms with E-state index >= 15 is 0 Å². The molecule has 0 saturated heterocycles. The van der Waals surface area contributed by atoms with Gasteiger partial charge in [0.1, 0.15) is 11.6 Å². The van der Waals surface area contributed by atoms with E-state index in [-0.39, 0.29) is 11.9 Å². The van der Waals surface area contributed by atoms with E-state index in [9.17, 15) is 4.39 Å². The molecule has 0 saturated carbocycles. The summed E-state index contributed by atoms with van der Waals surface area (Å²) in [7, 11) is 1.65. The summed E-state index contributed by atoms with van der Waals surface area (Å²) in [4.78, 5) is 0. The second-order valence-corrected chi connectivity index (χ2v) is 5.28. The van der Waals surface area contributed by atoms with Crippen LogP contribution >= 0.6 is 0 Å². The van der Waals surface area contributed by atoms with Gasteiger partial charge in [0.2, 0.25) is 0 Å². The van der Waals surface area contributed by atoms with Gasteiger partial charge in [-0.1, -0.05) is 12.1 Å². The Kier molecular flexibility index (Phi) is 4.60. The predicted molar refractivity (Wildman–Crippen MR) is 82.8 cm³/mol. The zero-order chi connectivity index (χ0) is 15.6. The quantitative estimate of drug-likeness (QED) is 0.670. The van der Waals surface area contributed by atoms with Gasteiger partial charge in [-0.3, -0.25) is 5.84 Å². The molecule has 0 radical (unpaired) electrons. The highest BCUT2D eigenvalue weighted by atomic mass is 19.1. The van der Waals surface area contributed by atoms with Gasteiger partial charge in [0.05, 0.1) is 13.2 Å². The molecule has 0 aliphatic rings. The molecule has 2 rings (SSSR count). The van der Waals surface area contributed by atoms with Crippen molar-refractivity contribution >= 4 is 0 Å². The Morgan fingerprint density at radius 2 is 1.67 bits per heavy atom. The lowest BCUT2D eigenvalue weighted by atomic mass is 9.91. The van der Waals surface area contributed by atoms with Crippen molar-refractivity contribution < 1.29 is 9.13 Å². The number of halogens is 1. The molecule has 0 heterocycles. The molecule has 0 bridgehead atoms. The van der Waals surface area contributed by atoms with Crippen molar-refractivity contribution in [1.29, 1.82) is 0 Å². The first kappa shape index (κ1) is 15.5. The summed E-state index contributed by atoms with van der Waals surface area (Å²) in [6.07, 6.45) is 0. The molecule has 4 heteroatoms. The molecule has 0 aliphatic carbocycles. The van der Waals surface area contributed by atoms with Crippen LogP contribution in [0.2, 0.25) is 0 Å². The molecule has 2 aromatic rings. The first-order valence-electron chi connectivity index (χ1n) is 6.85. The van der Waals surface area contributed by atoms with E-state index in [1.54, 1.807) is 13.2 Å². The molecule has 1 atom stereocenters. The molecule has 3 N–H and O–H groups in total. The third-order valence-electron chi connectivity index (χ3n) is 3.81. The SMILES string of the molecule is COc1cc(C)c(C(NN)c2cc(F)ccc2C)cc1C. The first-order chi connectivity index (χ1) is 9.97. The molecule has 0 fully saturated rings. The van der Waals surface area contributed by atoms with Gasteiger partial charge >= 0.3 is 0 Å². The fraction of sp³-hybridized carbons (Fsp3) is 0.294. The van der Waals surface area contributed by atoms with Crippen molar-refractivity contribution in [1.82, 2.24) is 5.43 Å². The van der Waals surface area contributed by atoms with Crippen LogP contribution in [0.5, 0.6) is 5.75 Å². The fourth-order valence-corrected chi connectivity index (χ4v) is 2.61. The largest absolute Gasteiger partial charge is 0.496 e. The maximum absolute atomic E-state index is 13.6. The molecule has 0 aromatic heterocycles. The van der Waals surface area contributed by atoms with Gasteiger partial charge < -0.3 is 4.74 Å². The van der Waals surface area contributed by atoms with Gasteiger partial charge in [0, 0.05) is 0 Å². The van der Waals surface area contributed by atoms with Crippen LogP contribution in [-0.4, -0.2) is 7.11 Å². The Hall–Kier alpha value is -1.91. The molecule has 0 amide bonds. The van der Waals surface area contributed by atoms with E-state index in [4.69, 9.17) is 10.6 Å². The molecule has 0 aliphatic heterocycles. The molecule has 1 unspecified atom stereocenters. The van der Waals surface area contributed by atoms with E-state index < -0.39 is 0 Å². The maximum atomic E-state index is 13.6. The van der Waals surface area contributed by atoms with Gasteiger partial charge in [-0.05, 0) is 66.8 Å². The van der Waals surface area contributed by atoms with Crippen LogP contribution in [0.4, 0.5) is 4.39 Å². The van der Waals surface area contributed by atoms with Gasteiger partial charge in [0.25, 0.3) is 0 Å². The average Bonchev–Trinajstić information content (AvgIpc) is 2.46. The summed E-state index contributed by atoms with van der Waals surface area (Å²) in [5.74, 6) is 6.31. The van der Waals surface area contributed by atoms with Crippen molar-refractivity contribution in [3.63, 3.8) is 0 Å². The van der Waals surface area contributed by atoms with Crippen LogP contribution in [0.3, 0.4) is 0 Å². The third-order valence-corrected chi connectivity index (χ3v) is 3.81. The van der Waals surface area contributed by atoms with E-state index in [1.165, 1.54) is 12.1 Å². The van der Waals surface area contributed by atoms with E-state index in [0.717, 1.165) is 33.6 Å². The number of nitrogens with two attached hydrogens (primary N) is 1. The minimum atomic E-state index is -0.265. The highest BCUT2D eigenvalue weighted by Crippen LogP contribution is 2.31. The number of ether oxygens (including phenoxy) is 1. The van der Waals surface area contributed by atoms with Crippen LogP contribution in [0.25, 0.3) is 0 Å². The summed E-state index contributed by atoms with van der Waals surface area (Å²) in [5.41, 5.74) is 7.72. The van der Waals surface area contributed by atoms with Crippen LogP contribution in [-0.2, 0) is 0 Å². The van der Waals surface area contributed by atoms with Crippen LogP contribution in [0.15, 0.2) is 30.3 Å². The van der Waals surface area contributed by atoms with Crippen molar-refractivity contribution in [2.75, 3.05) is 7.11 Å². The summed E-state index contributed by atoms with van der Waals surface area (Å²) >= 11 is 0. The lowest BCUT2D eigenvalue weighted by Crippen LogP contribution is -2.30. The molecule has 112 valence electrons. The van der Waals surface area contributed by atoms with Gasteiger partial charge in [0.15, 0.2) is 0 Å². The van der Waals surface area contributed by atoms with E-state index in [0.29, 0.717) is 0 Å². The third kappa shape index (κ3) is 3.06. The summed E-state index contributed by atoms with van der Waals surface area (Å²) in [6, 6.07) is 8.50. The van der Waals surface area contributed by atoms with E-state index in [1.807, 2.05) is 32.9 Å². The number of aryl methyl sites for hydroxylation is 3. The van der Waals surface area contributed by atoms with E-state index in [2.05, 4.69) is 5.43 Å². The Labute approximate surface area is 124 Å². The highest BCUT2D eigenvalue weighted by Gasteiger charge is 2.19. The number of nitrogens with one attached hydrogen (secondary N) is 1. The molecular weight excluding hydrogens is 267 g/mol. The van der Waals surface area contributed by atoms with Crippen LogP contribution in [0, 0.1) is 26.6 Å². The summed E-state index contributed by atoms with van der Waals surface area (Å²) in [5, 5.41) is 0. The number of hydrazine groups is 1. The Balaban J connectivity index is 2.56. The standard InChI is InChI=1S/C17H21FN2O/c1-10-5-6-13(18)9-15(10)17(20-19)14-7-12(3)16(21-4)8-11(14)2/h5-9,17,20H,19H2,1-4H3. The zero-order valence-corrected chi connectivity index (χ0v) is 12.8. The monoisotopic (exact) mass is 288 g/mol. The van der Waals surface area contributed by atoms with Gasteiger partial charge in [-0.15, -0.1) is 0 Å². The molecule has 2 aromatic carbocycles. The van der Waals surface area contributed by atoms with Gasteiger partial charge in [-0.25, -0.2) is 9.82 Å². The van der Waals surface area contributed by atoms with Crippen molar-refractivity contribution in [2.45, 2.75) is 26.8 Å². The zero-order valence-electron chi connectivity index (χ0n) is 12.8. The normalized spacial score (nSPS) is 12.3. The predicted octanol–water partition coefficient (Wildman–Crippen LogP) is 3.31. The Bertz CT molecular complexity index is 655. The number of rotatable bonds is 4. The number of hydrogen-bond donors (Lipinski definition) is 2. The average molecular weight is 288 g/mol. The Morgan fingerprint density at radius 3 is 2.29 bits per heavy atom. The number of hydrogen-bond acceptors (Lipinski definition) is 3. The molecular formula is C17H21FN2O. The van der Waals surface area contributed by atoms with Crippen LogP contribution in [0.1, 0.15) is 33.9 Å². The number of benzene rings is 2. The number of methoxy groups -OCH3 is 1. The van der Waals surface area contributed by atoms with Crippen molar-refractivity contribution in [3.05, 3.63) is 64.0 Å². The fourth-order valence-electron chi connectivity index (χ4n) is 2.61. The lowest BCUT2D eigenvalue weighted by Gasteiger charge is -2.22. The lowest BCUT2D eigenvalue weighted by molar-refractivity contribution is 0.411. The topological polar surface area (TPSA) is 47.3 Å². The minimum absolute atomic E-state index is 0.259. The summed E-state index contributed by atoms with van der Waals surface area (Å²) < 4.78 is 18.9. The second kappa shape index (κ2) is 6.24. The first-order valence-corrected chi connectivity index (χ1v) is 6.85. The molecule has 3 nitrogen and oxygen atoms in total. The van der Waals surface area contributed by atoms with Crippen LogP contribution < -0.4 is 16.0 Å². The van der Waals surface area contributed by atoms with Gasteiger partial charge in [-0.2, -0.15) is 0 Å². The smallest absolute Gasteiger partial charge is 0.123 e. The van der Waals surface area contributed by atoms with Crippen molar-refractivity contribution in [3.8, 4) is 5.75 Å². The second-order valence-electron chi connectivity index (χ2n) is 5.28. The van der Waals surface area contributed by atoms with Crippen molar-refractivity contribution in [2.24, 2.45) is 5.84 Å². The minimum Gasteiger partial charge on any atom is -0.496 e. The molecule has 21 heavy (non-hydrogen) atoms. The maximum Gasteiger partial charge on any atom is 0.123 e.